The van der Waals surface area contributed by atoms with Gasteiger partial charge in [0.15, 0.2) is 5.22 Å². The number of fused-ring (bicyclic) bond motifs is 1. The predicted molar refractivity (Wildman–Crippen MR) is 87.8 cm³/mol. The number of hydrogen-bond acceptors (Lipinski definition) is 3. The molecule has 1 saturated heterocycles. The van der Waals surface area contributed by atoms with Crippen LogP contribution in [0.4, 0.5) is 0 Å². The number of furan rings is 1. The smallest absolute Gasteiger partial charge is 0.199 e. The summed E-state index contributed by atoms with van der Waals surface area (Å²) in [4.78, 5) is 2.42. The molecule has 0 atom stereocenters. The Bertz CT molecular complexity index is 587. The van der Waals surface area contributed by atoms with Crippen LogP contribution in [-0.4, -0.2) is 31.6 Å². The Balaban J connectivity index is 1.49. The third kappa shape index (κ3) is 3.60. The lowest BCUT2D eigenvalue weighted by atomic mass is 9.94. The molecule has 3 rings (SSSR count). The molecule has 2 heterocycles. The number of piperidine rings is 1. The van der Waals surface area contributed by atoms with Crippen LogP contribution in [0.2, 0.25) is 5.22 Å². The van der Waals surface area contributed by atoms with Gasteiger partial charge in [-0.15, -0.1) is 0 Å². The van der Waals surface area contributed by atoms with Crippen molar-refractivity contribution in [3.63, 3.8) is 0 Å². The number of halogens is 1. The van der Waals surface area contributed by atoms with E-state index >= 15 is 0 Å². The van der Waals surface area contributed by atoms with E-state index in [0.717, 1.165) is 35.5 Å². The van der Waals surface area contributed by atoms with E-state index in [-0.39, 0.29) is 0 Å². The van der Waals surface area contributed by atoms with Gasteiger partial charge in [-0.2, -0.15) is 0 Å². The first kappa shape index (κ1) is 14.9. The highest BCUT2D eigenvalue weighted by molar-refractivity contribution is 6.30. The molecule has 21 heavy (non-hydrogen) atoms. The van der Waals surface area contributed by atoms with Crippen LogP contribution in [0.5, 0.6) is 0 Å². The molecule has 1 aromatic heterocycles. The van der Waals surface area contributed by atoms with E-state index in [1.807, 2.05) is 18.2 Å². The SMILES string of the molecule is CN1CCC(CCNCc2c(Cl)oc3ccccc23)CC1. The molecule has 4 heteroatoms. The van der Waals surface area contributed by atoms with Gasteiger partial charge in [-0.3, -0.25) is 0 Å². The molecule has 0 saturated carbocycles. The van der Waals surface area contributed by atoms with Crippen LogP contribution < -0.4 is 5.32 Å². The van der Waals surface area contributed by atoms with Crippen LogP contribution in [0.3, 0.4) is 0 Å². The molecular formula is C17H23ClN2O. The molecule has 0 spiro atoms. The van der Waals surface area contributed by atoms with Crippen molar-refractivity contribution in [3.8, 4) is 0 Å². The summed E-state index contributed by atoms with van der Waals surface area (Å²) in [6.07, 6.45) is 3.91. The van der Waals surface area contributed by atoms with Crippen molar-refractivity contribution in [2.45, 2.75) is 25.8 Å². The van der Waals surface area contributed by atoms with Crippen molar-refractivity contribution in [2.75, 3.05) is 26.7 Å². The Kier molecular flexibility index (Phi) is 4.84. The molecule has 0 radical (unpaired) electrons. The minimum absolute atomic E-state index is 0.517. The second-order valence-corrected chi connectivity index (χ2v) is 6.41. The van der Waals surface area contributed by atoms with Crippen molar-refractivity contribution < 1.29 is 4.42 Å². The number of likely N-dealkylation sites (tertiary alicyclic amines) is 1. The largest absolute Gasteiger partial charge is 0.444 e. The minimum Gasteiger partial charge on any atom is -0.444 e. The summed E-state index contributed by atoms with van der Waals surface area (Å²) in [5, 5.41) is 5.16. The lowest BCUT2D eigenvalue weighted by Gasteiger charge is -2.28. The molecule has 0 unspecified atom stereocenters. The molecule has 2 aromatic rings. The minimum atomic E-state index is 0.517. The summed E-state index contributed by atoms with van der Waals surface area (Å²) in [6.45, 7) is 4.30. The monoisotopic (exact) mass is 306 g/mol. The van der Waals surface area contributed by atoms with Crippen LogP contribution in [0.25, 0.3) is 11.0 Å². The van der Waals surface area contributed by atoms with E-state index in [0.29, 0.717) is 5.22 Å². The zero-order valence-corrected chi connectivity index (χ0v) is 13.3. The molecule has 1 aliphatic rings. The van der Waals surface area contributed by atoms with E-state index in [4.69, 9.17) is 16.0 Å². The zero-order valence-electron chi connectivity index (χ0n) is 12.6. The van der Waals surface area contributed by atoms with Crippen molar-refractivity contribution in [3.05, 3.63) is 35.0 Å². The number of para-hydroxylation sites is 1. The van der Waals surface area contributed by atoms with Gasteiger partial charge >= 0.3 is 0 Å². The molecule has 1 fully saturated rings. The summed E-state index contributed by atoms with van der Waals surface area (Å²) in [7, 11) is 2.21. The van der Waals surface area contributed by atoms with Gasteiger partial charge in [0.25, 0.3) is 0 Å². The Labute approximate surface area is 131 Å². The molecule has 1 aromatic carbocycles. The zero-order chi connectivity index (χ0) is 14.7. The lowest BCUT2D eigenvalue weighted by Crippen LogP contribution is -2.31. The van der Waals surface area contributed by atoms with Gasteiger partial charge in [0.1, 0.15) is 5.58 Å². The van der Waals surface area contributed by atoms with Crippen molar-refractivity contribution in [1.82, 2.24) is 10.2 Å². The average Bonchev–Trinajstić information content (AvgIpc) is 2.81. The second kappa shape index (κ2) is 6.82. The quantitative estimate of drug-likeness (QED) is 0.849. The first-order chi connectivity index (χ1) is 10.2. The van der Waals surface area contributed by atoms with E-state index in [9.17, 15) is 0 Å². The van der Waals surface area contributed by atoms with Crippen molar-refractivity contribution in [2.24, 2.45) is 5.92 Å². The molecule has 3 nitrogen and oxygen atoms in total. The fraction of sp³-hybridized carbons (Fsp3) is 0.529. The molecule has 114 valence electrons. The third-order valence-electron chi connectivity index (χ3n) is 4.52. The highest BCUT2D eigenvalue weighted by atomic mass is 35.5. The topological polar surface area (TPSA) is 28.4 Å². The van der Waals surface area contributed by atoms with Gasteiger partial charge in [0.2, 0.25) is 0 Å². The van der Waals surface area contributed by atoms with E-state index < -0.39 is 0 Å². The van der Waals surface area contributed by atoms with Gasteiger partial charge in [-0.05, 0) is 69.5 Å². The summed E-state index contributed by atoms with van der Waals surface area (Å²) >= 11 is 6.20. The number of hydrogen-bond donors (Lipinski definition) is 1. The number of nitrogens with zero attached hydrogens (tertiary/aromatic N) is 1. The maximum Gasteiger partial charge on any atom is 0.199 e. The highest BCUT2D eigenvalue weighted by Crippen LogP contribution is 2.29. The fourth-order valence-corrected chi connectivity index (χ4v) is 3.36. The average molecular weight is 307 g/mol. The summed E-state index contributed by atoms with van der Waals surface area (Å²) in [5.41, 5.74) is 1.95. The molecule has 0 bridgehead atoms. The normalized spacial score (nSPS) is 17.6. The maximum absolute atomic E-state index is 6.20. The first-order valence-electron chi connectivity index (χ1n) is 7.79. The van der Waals surface area contributed by atoms with E-state index in [2.05, 4.69) is 23.3 Å². The van der Waals surface area contributed by atoms with E-state index in [1.54, 1.807) is 0 Å². The summed E-state index contributed by atoms with van der Waals surface area (Å²) in [5.74, 6) is 0.866. The molecule has 0 amide bonds. The number of rotatable bonds is 5. The van der Waals surface area contributed by atoms with Gasteiger partial charge < -0.3 is 14.6 Å². The molecule has 0 aliphatic carbocycles. The summed E-state index contributed by atoms with van der Waals surface area (Å²) < 4.78 is 5.58. The maximum atomic E-state index is 6.20. The molecule has 1 aliphatic heterocycles. The Morgan fingerprint density at radius 3 is 2.86 bits per heavy atom. The molecular weight excluding hydrogens is 284 g/mol. The van der Waals surface area contributed by atoms with Crippen LogP contribution in [0.1, 0.15) is 24.8 Å². The Morgan fingerprint density at radius 1 is 1.29 bits per heavy atom. The predicted octanol–water partition coefficient (Wildman–Crippen LogP) is 3.91. The van der Waals surface area contributed by atoms with Crippen LogP contribution in [-0.2, 0) is 6.54 Å². The summed E-state index contributed by atoms with van der Waals surface area (Å²) in [6, 6.07) is 8.03. The third-order valence-corrected chi connectivity index (χ3v) is 4.82. The van der Waals surface area contributed by atoms with Crippen molar-refractivity contribution >= 4 is 22.6 Å². The van der Waals surface area contributed by atoms with E-state index in [1.165, 1.54) is 32.4 Å². The van der Waals surface area contributed by atoms with Crippen molar-refractivity contribution in [1.29, 1.82) is 0 Å². The lowest BCUT2D eigenvalue weighted by molar-refractivity contribution is 0.211. The van der Waals surface area contributed by atoms with Crippen LogP contribution in [0.15, 0.2) is 28.7 Å². The molecule has 1 N–H and O–H groups in total. The highest BCUT2D eigenvalue weighted by Gasteiger charge is 2.16. The van der Waals surface area contributed by atoms with Gasteiger partial charge in [0, 0.05) is 17.5 Å². The number of benzene rings is 1. The van der Waals surface area contributed by atoms with Crippen LogP contribution in [0, 0.1) is 5.92 Å². The Hall–Kier alpha value is -1.03. The fourth-order valence-electron chi connectivity index (χ4n) is 3.10. The van der Waals surface area contributed by atoms with Gasteiger partial charge in [0.05, 0.1) is 0 Å². The Morgan fingerprint density at radius 2 is 2.05 bits per heavy atom. The van der Waals surface area contributed by atoms with Crippen LogP contribution >= 0.6 is 11.6 Å². The second-order valence-electron chi connectivity index (χ2n) is 6.06. The van der Waals surface area contributed by atoms with Gasteiger partial charge in [-0.1, -0.05) is 18.2 Å². The van der Waals surface area contributed by atoms with Gasteiger partial charge in [-0.25, -0.2) is 0 Å². The number of nitrogens with one attached hydrogen (secondary N) is 1. The first-order valence-corrected chi connectivity index (χ1v) is 8.17. The standard InChI is InChI=1S/C17H23ClN2O/c1-20-10-7-13(8-11-20)6-9-19-12-15-14-4-2-3-5-16(14)21-17(15)18/h2-5,13,19H,6-12H2,1H3.